The van der Waals surface area contributed by atoms with Crippen LogP contribution in [0.3, 0.4) is 0 Å². The highest BCUT2D eigenvalue weighted by atomic mass is 15.6. The molecule has 1 fully saturated rings. The van der Waals surface area contributed by atoms with Gasteiger partial charge in [-0.2, -0.15) is 0 Å². The zero-order chi connectivity index (χ0) is 8.70. The summed E-state index contributed by atoms with van der Waals surface area (Å²) in [6, 6.07) is 0. The number of nitrogens with zero attached hydrogens (tertiary/aromatic N) is 2. The SMILES string of the molecule is CC(C)(C)CN1C[N+](C)(C)C1. The Labute approximate surface area is 70.4 Å². The van der Waals surface area contributed by atoms with Crippen LogP contribution in [0, 0.1) is 5.41 Å². The zero-order valence-corrected chi connectivity index (χ0v) is 8.52. The van der Waals surface area contributed by atoms with Crippen molar-refractivity contribution in [1.29, 1.82) is 0 Å². The first-order valence-corrected chi connectivity index (χ1v) is 4.33. The molecule has 1 aliphatic heterocycles. The molecular weight excluding hydrogens is 136 g/mol. The number of hydrogen-bond acceptors (Lipinski definition) is 1. The first-order chi connectivity index (χ1) is 4.79. The monoisotopic (exact) mass is 157 g/mol. The molecule has 1 saturated heterocycles. The minimum atomic E-state index is 0.459. The van der Waals surface area contributed by atoms with E-state index in [0.29, 0.717) is 5.41 Å². The molecule has 66 valence electrons. The van der Waals surface area contributed by atoms with Gasteiger partial charge in [0.2, 0.25) is 0 Å². The lowest BCUT2D eigenvalue weighted by Gasteiger charge is -2.48. The maximum atomic E-state index is 2.51. The lowest BCUT2D eigenvalue weighted by molar-refractivity contribution is -0.962. The fourth-order valence-electron chi connectivity index (χ4n) is 1.81. The van der Waals surface area contributed by atoms with Crippen molar-refractivity contribution >= 4 is 0 Å². The molecule has 0 aromatic heterocycles. The van der Waals surface area contributed by atoms with E-state index in [2.05, 4.69) is 39.8 Å². The van der Waals surface area contributed by atoms with Crippen LogP contribution in [-0.2, 0) is 0 Å². The van der Waals surface area contributed by atoms with Crippen LogP contribution in [0.2, 0.25) is 0 Å². The van der Waals surface area contributed by atoms with Crippen LogP contribution in [0.1, 0.15) is 20.8 Å². The van der Waals surface area contributed by atoms with Gasteiger partial charge in [-0.1, -0.05) is 20.8 Å². The van der Waals surface area contributed by atoms with Gasteiger partial charge in [0.15, 0.2) is 0 Å². The van der Waals surface area contributed by atoms with Crippen LogP contribution in [0.4, 0.5) is 0 Å². The first kappa shape index (κ1) is 9.01. The second-order valence-electron chi connectivity index (χ2n) is 5.61. The Hall–Kier alpha value is -0.0800. The molecule has 1 rings (SSSR count). The van der Waals surface area contributed by atoms with Gasteiger partial charge in [-0.3, -0.25) is 0 Å². The normalized spacial score (nSPS) is 24.8. The molecule has 0 atom stereocenters. The minimum Gasteiger partial charge on any atom is -0.303 e. The Balaban J connectivity index is 2.24. The van der Waals surface area contributed by atoms with Crippen molar-refractivity contribution < 1.29 is 4.48 Å². The van der Waals surface area contributed by atoms with E-state index < -0.39 is 0 Å². The average Bonchev–Trinajstić information content (AvgIpc) is 1.53. The van der Waals surface area contributed by atoms with Gasteiger partial charge in [0.1, 0.15) is 13.3 Å². The van der Waals surface area contributed by atoms with Crippen LogP contribution in [0.15, 0.2) is 0 Å². The summed E-state index contributed by atoms with van der Waals surface area (Å²) in [7, 11) is 4.55. The van der Waals surface area contributed by atoms with Gasteiger partial charge in [0, 0.05) is 6.54 Å². The largest absolute Gasteiger partial charge is 0.303 e. The third-order valence-corrected chi connectivity index (χ3v) is 1.86. The first-order valence-electron chi connectivity index (χ1n) is 4.33. The lowest BCUT2D eigenvalue weighted by Crippen LogP contribution is -2.65. The molecule has 0 aromatic carbocycles. The summed E-state index contributed by atoms with van der Waals surface area (Å²) in [4.78, 5) is 2.51. The topological polar surface area (TPSA) is 3.24 Å². The predicted octanol–water partition coefficient (Wildman–Crippen LogP) is 1.34. The second kappa shape index (κ2) is 2.46. The molecule has 2 heteroatoms. The fraction of sp³-hybridized carbons (Fsp3) is 1.00. The van der Waals surface area contributed by atoms with Crippen molar-refractivity contribution in [3.05, 3.63) is 0 Å². The van der Waals surface area contributed by atoms with Crippen molar-refractivity contribution in [2.75, 3.05) is 34.0 Å². The van der Waals surface area contributed by atoms with Crippen LogP contribution in [-0.4, -0.2) is 43.4 Å². The summed E-state index contributed by atoms with van der Waals surface area (Å²) >= 11 is 0. The van der Waals surface area contributed by atoms with E-state index >= 15 is 0 Å². The molecule has 0 saturated carbocycles. The van der Waals surface area contributed by atoms with Crippen LogP contribution < -0.4 is 0 Å². The Morgan fingerprint density at radius 3 is 1.91 bits per heavy atom. The highest BCUT2D eigenvalue weighted by Gasteiger charge is 2.35. The van der Waals surface area contributed by atoms with E-state index in [1.165, 1.54) is 19.9 Å². The van der Waals surface area contributed by atoms with Gasteiger partial charge in [-0.15, -0.1) is 0 Å². The summed E-state index contributed by atoms with van der Waals surface area (Å²) < 4.78 is 1.16. The summed E-state index contributed by atoms with van der Waals surface area (Å²) in [5.74, 6) is 0. The number of rotatable bonds is 1. The summed E-state index contributed by atoms with van der Waals surface area (Å²) in [5.41, 5.74) is 0.459. The molecule has 0 aliphatic carbocycles. The Morgan fingerprint density at radius 2 is 1.64 bits per heavy atom. The van der Waals surface area contributed by atoms with Gasteiger partial charge in [0.05, 0.1) is 14.1 Å². The molecule has 0 unspecified atom stereocenters. The van der Waals surface area contributed by atoms with Crippen LogP contribution in [0.25, 0.3) is 0 Å². The second-order valence-corrected chi connectivity index (χ2v) is 5.61. The highest BCUT2D eigenvalue weighted by Crippen LogP contribution is 2.21. The maximum absolute atomic E-state index is 2.51. The van der Waals surface area contributed by atoms with Crippen molar-refractivity contribution in [2.24, 2.45) is 5.41 Å². The lowest BCUT2D eigenvalue weighted by atomic mass is 9.96. The summed E-state index contributed by atoms with van der Waals surface area (Å²) in [6.45, 7) is 10.6. The van der Waals surface area contributed by atoms with Gasteiger partial charge >= 0.3 is 0 Å². The van der Waals surface area contributed by atoms with Crippen molar-refractivity contribution in [3.63, 3.8) is 0 Å². The van der Waals surface area contributed by atoms with E-state index in [-0.39, 0.29) is 0 Å². The molecule has 0 radical (unpaired) electrons. The van der Waals surface area contributed by atoms with E-state index in [4.69, 9.17) is 0 Å². The molecule has 1 heterocycles. The Morgan fingerprint density at radius 1 is 1.18 bits per heavy atom. The Bertz CT molecular complexity index is 136. The quantitative estimate of drug-likeness (QED) is 0.519. The van der Waals surface area contributed by atoms with E-state index in [0.717, 1.165) is 4.48 Å². The van der Waals surface area contributed by atoms with Gasteiger partial charge in [-0.05, 0) is 5.41 Å². The Kier molecular flexibility index (Phi) is 2.01. The van der Waals surface area contributed by atoms with Crippen LogP contribution >= 0.6 is 0 Å². The average molecular weight is 157 g/mol. The van der Waals surface area contributed by atoms with Crippen molar-refractivity contribution in [3.8, 4) is 0 Å². The fourth-order valence-corrected chi connectivity index (χ4v) is 1.81. The maximum Gasteiger partial charge on any atom is 0.140 e. The van der Waals surface area contributed by atoms with Crippen molar-refractivity contribution in [1.82, 2.24) is 4.90 Å². The molecule has 0 N–H and O–H groups in total. The van der Waals surface area contributed by atoms with E-state index in [1.54, 1.807) is 0 Å². The van der Waals surface area contributed by atoms with E-state index in [9.17, 15) is 0 Å². The zero-order valence-electron chi connectivity index (χ0n) is 8.52. The highest BCUT2D eigenvalue weighted by molar-refractivity contribution is 4.68. The standard InChI is InChI=1S/C9H21N2/c1-9(2,3)6-10-7-11(4,5)8-10/h6-8H2,1-5H3/q+1. The van der Waals surface area contributed by atoms with Gasteiger partial charge in [-0.25, -0.2) is 4.90 Å². The molecule has 0 amide bonds. The molecule has 2 nitrogen and oxygen atoms in total. The van der Waals surface area contributed by atoms with Crippen LogP contribution in [0.5, 0.6) is 0 Å². The third kappa shape index (κ3) is 2.80. The molecule has 0 spiro atoms. The third-order valence-electron chi connectivity index (χ3n) is 1.86. The number of quaternary nitrogens is 1. The van der Waals surface area contributed by atoms with Gasteiger partial charge in [0.25, 0.3) is 0 Å². The summed E-state index contributed by atoms with van der Waals surface area (Å²) in [5, 5.41) is 0. The molecule has 1 aliphatic rings. The van der Waals surface area contributed by atoms with Crippen molar-refractivity contribution in [2.45, 2.75) is 20.8 Å². The number of hydrogen-bond donors (Lipinski definition) is 0. The molecular formula is C9H21N2+. The predicted molar refractivity (Wildman–Crippen MR) is 48.0 cm³/mol. The van der Waals surface area contributed by atoms with Gasteiger partial charge < -0.3 is 4.48 Å². The molecule has 0 bridgehead atoms. The minimum absolute atomic E-state index is 0.459. The summed E-state index contributed by atoms with van der Waals surface area (Å²) in [6.07, 6.45) is 0. The smallest absolute Gasteiger partial charge is 0.140 e. The molecule has 0 aromatic rings. The molecule has 11 heavy (non-hydrogen) atoms. The van der Waals surface area contributed by atoms with E-state index in [1.807, 2.05) is 0 Å².